The van der Waals surface area contributed by atoms with Crippen LogP contribution in [-0.2, 0) is 6.54 Å². The molecule has 22 heavy (non-hydrogen) atoms. The molecule has 0 aliphatic heterocycles. The van der Waals surface area contributed by atoms with Crippen LogP contribution in [0.3, 0.4) is 0 Å². The monoisotopic (exact) mass is 368 g/mol. The first-order valence-corrected chi connectivity index (χ1v) is 7.29. The standard InChI is InChI=1S/C15H17BrN2O4/c1-20-12-4-9(5-13(21-2)14(12)22-3)7-18-15(19)11-6-10(16)8-17-11/h4-6,8,17H,7H2,1-3H3,(H,18,19). The number of rotatable bonds is 6. The summed E-state index contributed by atoms with van der Waals surface area (Å²) in [6.45, 7) is 0.339. The number of amides is 1. The van der Waals surface area contributed by atoms with E-state index in [-0.39, 0.29) is 5.91 Å². The van der Waals surface area contributed by atoms with Gasteiger partial charge in [-0.1, -0.05) is 0 Å². The van der Waals surface area contributed by atoms with Crippen LogP contribution < -0.4 is 19.5 Å². The minimum Gasteiger partial charge on any atom is -0.493 e. The number of benzene rings is 1. The van der Waals surface area contributed by atoms with Crippen LogP contribution in [0.4, 0.5) is 0 Å². The third-order valence-corrected chi connectivity index (χ3v) is 3.53. The van der Waals surface area contributed by atoms with E-state index in [9.17, 15) is 4.79 Å². The molecule has 2 N–H and O–H groups in total. The first-order valence-electron chi connectivity index (χ1n) is 6.50. The number of aromatic amines is 1. The molecular formula is C15H17BrN2O4. The largest absolute Gasteiger partial charge is 0.493 e. The molecule has 0 bridgehead atoms. The molecular weight excluding hydrogens is 352 g/mol. The Balaban J connectivity index is 2.14. The normalized spacial score (nSPS) is 10.2. The number of carbonyl (C=O) groups excluding carboxylic acids is 1. The van der Waals surface area contributed by atoms with Crippen molar-refractivity contribution in [2.24, 2.45) is 0 Å². The van der Waals surface area contributed by atoms with E-state index in [1.807, 2.05) is 0 Å². The summed E-state index contributed by atoms with van der Waals surface area (Å²) in [4.78, 5) is 14.9. The van der Waals surface area contributed by atoms with E-state index in [1.165, 1.54) is 0 Å². The zero-order chi connectivity index (χ0) is 16.1. The van der Waals surface area contributed by atoms with E-state index in [1.54, 1.807) is 45.7 Å². The quantitative estimate of drug-likeness (QED) is 0.822. The third-order valence-electron chi connectivity index (χ3n) is 3.07. The summed E-state index contributed by atoms with van der Waals surface area (Å²) in [5.41, 5.74) is 1.33. The smallest absolute Gasteiger partial charge is 0.267 e. The van der Waals surface area contributed by atoms with Gasteiger partial charge < -0.3 is 24.5 Å². The predicted molar refractivity (Wildman–Crippen MR) is 85.8 cm³/mol. The summed E-state index contributed by atoms with van der Waals surface area (Å²) < 4.78 is 16.7. The molecule has 1 aromatic heterocycles. The van der Waals surface area contributed by atoms with Gasteiger partial charge in [-0.15, -0.1) is 0 Å². The van der Waals surface area contributed by atoms with Crippen molar-refractivity contribution in [2.45, 2.75) is 6.54 Å². The molecule has 0 radical (unpaired) electrons. The van der Waals surface area contributed by atoms with Gasteiger partial charge in [-0.25, -0.2) is 0 Å². The zero-order valence-electron chi connectivity index (χ0n) is 12.5. The molecule has 118 valence electrons. The Bertz CT molecular complexity index is 644. The second-order valence-corrected chi connectivity index (χ2v) is 5.36. The van der Waals surface area contributed by atoms with Crippen molar-refractivity contribution in [3.8, 4) is 17.2 Å². The summed E-state index contributed by atoms with van der Waals surface area (Å²) in [6, 6.07) is 5.31. The van der Waals surface area contributed by atoms with Crippen LogP contribution in [0.15, 0.2) is 28.9 Å². The molecule has 0 fully saturated rings. The van der Waals surface area contributed by atoms with E-state index < -0.39 is 0 Å². The van der Waals surface area contributed by atoms with Crippen molar-refractivity contribution in [2.75, 3.05) is 21.3 Å². The topological polar surface area (TPSA) is 72.6 Å². The number of nitrogens with one attached hydrogen (secondary N) is 2. The molecule has 1 aromatic carbocycles. The molecule has 0 unspecified atom stereocenters. The van der Waals surface area contributed by atoms with Crippen LogP contribution in [0.5, 0.6) is 17.2 Å². The van der Waals surface area contributed by atoms with Crippen molar-refractivity contribution >= 4 is 21.8 Å². The Labute approximate surface area is 136 Å². The van der Waals surface area contributed by atoms with Gasteiger partial charge in [-0.2, -0.15) is 0 Å². The van der Waals surface area contributed by atoms with Gasteiger partial charge in [0.15, 0.2) is 11.5 Å². The lowest BCUT2D eigenvalue weighted by molar-refractivity contribution is 0.0946. The van der Waals surface area contributed by atoms with E-state index in [0.717, 1.165) is 10.0 Å². The maximum Gasteiger partial charge on any atom is 0.267 e. The lowest BCUT2D eigenvalue weighted by Gasteiger charge is -2.14. The molecule has 1 heterocycles. The van der Waals surface area contributed by atoms with Crippen LogP contribution in [0, 0.1) is 0 Å². The number of hydrogen-bond donors (Lipinski definition) is 2. The highest BCUT2D eigenvalue weighted by Gasteiger charge is 2.14. The highest BCUT2D eigenvalue weighted by atomic mass is 79.9. The first kappa shape index (κ1) is 16.2. The van der Waals surface area contributed by atoms with Crippen LogP contribution in [0.1, 0.15) is 16.1 Å². The Kier molecular flexibility index (Phi) is 5.32. The van der Waals surface area contributed by atoms with Crippen LogP contribution in [-0.4, -0.2) is 32.2 Å². The Morgan fingerprint density at radius 1 is 1.14 bits per heavy atom. The highest BCUT2D eigenvalue weighted by Crippen LogP contribution is 2.38. The molecule has 0 spiro atoms. The van der Waals surface area contributed by atoms with Crippen molar-refractivity contribution < 1.29 is 19.0 Å². The van der Waals surface area contributed by atoms with E-state index in [0.29, 0.717) is 29.5 Å². The van der Waals surface area contributed by atoms with Crippen molar-refractivity contribution in [3.05, 3.63) is 40.1 Å². The number of aromatic nitrogens is 1. The van der Waals surface area contributed by atoms with Crippen LogP contribution in [0.2, 0.25) is 0 Å². The maximum absolute atomic E-state index is 12.0. The minimum atomic E-state index is -0.195. The molecule has 0 aliphatic rings. The predicted octanol–water partition coefficient (Wildman–Crippen LogP) is 2.73. The van der Waals surface area contributed by atoms with Crippen molar-refractivity contribution in [1.82, 2.24) is 10.3 Å². The van der Waals surface area contributed by atoms with Gasteiger partial charge in [0.1, 0.15) is 5.69 Å². The Morgan fingerprint density at radius 2 is 1.77 bits per heavy atom. The summed E-state index contributed by atoms with van der Waals surface area (Å²) >= 11 is 3.29. The first-order chi connectivity index (χ1) is 10.6. The summed E-state index contributed by atoms with van der Waals surface area (Å²) in [6.07, 6.45) is 1.70. The number of hydrogen-bond acceptors (Lipinski definition) is 4. The molecule has 0 saturated heterocycles. The Morgan fingerprint density at radius 3 is 2.23 bits per heavy atom. The van der Waals surface area contributed by atoms with Gasteiger partial charge >= 0.3 is 0 Å². The second kappa shape index (κ2) is 7.22. The molecule has 2 aromatic rings. The molecule has 6 nitrogen and oxygen atoms in total. The molecule has 0 atom stereocenters. The maximum atomic E-state index is 12.0. The SMILES string of the molecule is COc1cc(CNC(=O)c2cc(Br)c[nH]2)cc(OC)c1OC. The fraction of sp³-hybridized carbons (Fsp3) is 0.267. The van der Waals surface area contributed by atoms with Gasteiger partial charge in [0.25, 0.3) is 5.91 Å². The number of methoxy groups -OCH3 is 3. The van der Waals surface area contributed by atoms with E-state index in [4.69, 9.17) is 14.2 Å². The summed E-state index contributed by atoms with van der Waals surface area (Å²) in [5.74, 6) is 1.43. The number of halogens is 1. The molecule has 0 saturated carbocycles. The number of ether oxygens (including phenoxy) is 3. The highest BCUT2D eigenvalue weighted by molar-refractivity contribution is 9.10. The lowest BCUT2D eigenvalue weighted by atomic mass is 10.1. The Hall–Kier alpha value is -2.15. The van der Waals surface area contributed by atoms with Gasteiger partial charge in [-0.3, -0.25) is 4.79 Å². The lowest BCUT2D eigenvalue weighted by Crippen LogP contribution is -2.23. The molecule has 7 heteroatoms. The van der Waals surface area contributed by atoms with Crippen molar-refractivity contribution in [3.63, 3.8) is 0 Å². The minimum absolute atomic E-state index is 0.195. The number of H-pyrrole nitrogens is 1. The zero-order valence-corrected chi connectivity index (χ0v) is 14.1. The van der Waals surface area contributed by atoms with Gasteiger partial charge in [-0.05, 0) is 39.7 Å². The number of carbonyl (C=O) groups is 1. The van der Waals surface area contributed by atoms with Gasteiger partial charge in [0.2, 0.25) is 5.75 Å². The average molecular weight is 369 g/mol. The summed E-state index contributed by atoms with van der Waals surface area (Å²) in [5, 5.41) is 2.83. The van der Waals surface area contributed by atoms with E-state index in [2.05, 4.69) is 26.2 Å². The molecule has 2 rings (SSSR count). The fourth-order valence-electron chi connectivity index (χ4n) is 2.01. The summed E-state index contributed by atoms with van der Waals surface area (Å²) in [7, 11) is 4.65. The fourth-order valence-corrected chi connectivity index (χ4v) is 2.36. The van der Waals surface area contributed by atoms with Gasteiger partial charge in [0, 0.05) is 17.2 Å². The van der Waals surface area contributed by atoms with Gasteiger partial charge in [0.05, 0.1) is 21.3 Å². The molecule has 0 aliphatic carbocycles. The van der Waals surface area contributed by atoms with E-state index >= 15 is 0 Å². The molecule has 1 amide bonds. The van der Waals surface area contributed by atoms with Crippen molar-refractivity contribution in [1.29, 1.82) is 0 Å². The second-order valence-electron chi connectivity index (χ2n) is 4.45. The van der Waals surface area contributed by atoms with Crippen LogP contribution in [0.25, 0.3) is 0 Å². The van der Waals surface area contributed by atoms with Crippen LogP contribution >= 0.6 is 15.9 Å². The average Bonchev–Trinajstić information content (AvgIpc) is 2.97. The third kappa shape index (κ3) is 3.54.